The predicted octanol–water partition coefficient (Wildman–Crippen LogP) is 0.823. The average Bonchev–Trinajstić information content (AvgIpc) is 2.75. The van der Waals surface area contributed by atoms with E-state index in [1.54, 1.807) is 20.1 Å². The van der Waals surface area contributed by atoms with E-state index in [0.717, 1.165) is 17.8 Å². The lowest BCUT2D eigenvalue weighted by Crippen LogP contribution is -2.35. The molecule has 1 atom stereocenters. The monoisotopic (exact) mass is 292 g/mol. The first-order valence-electron chi connectivity index (χ1n) is 5.74. The first-order valence-corrected chi connectivity index (χ1v) is 8.04. The third-order valence-electron chi connectivity index (χ3n) is 2.30. The van der Waals surface area contributed by atoms with Gasteiger partial charge in [-0.25, -0.2) is 13.1 Å². The van der Waals surface area contributed by atoms with E-state index in [2.05, 4.69) is 10.0 Å². The number of methoxy groups -OCH3 is 1. The Labute approximate surface area is 113 Å². The van der Waals surface area contributed by atoms with Crippen LogP contribution in [0.2, 0.25) is 0 Å². The molecule has 0 amide bonds. The largest absolute Gasteiger partial charge is 0.383 e. The van der Waals surface area contributed by atoms with Crippen LogP contribution in [0.15, 0.2) is 16.3 Å². The number of likely N-dealkylation sites (N-methyl/N-ethyl adjacent to an activating group) is 1. The Morgan fingerprint density at radius 3 is 2.78 bits per heavy atom. The maximum atomic E-state index is 12.0. The van der Waals surface area contributed by atoms with Crippen molar-refractivity contribution in [3.63, 3.8) is 0 Å². The summed E-state index contributed by atoms with van der Waals surface area (Å²) in [5, 5.41) is 3.04. The SMILES string of the molecule is CNCCc1ccc(S(=O)(=O)NC(C)COC)s1. The van der Waals surface area contributed by atoms with Crippen LogP contribution < -0.4 is 10.0 Å². The van der Waals surface area contributed by atoms with Gasteiger partial charge in [0.25, 0.3) is 0 Å². The van der Waals surface area contributed by atoms with Gasteiger partial charge in [0.15, 0.2) is 0 Å². The van der Waals surface area contributed by atoms with Gasteiger partial charge in [0.05, 0.1) is 6.61 Å². The zero-order chi connectivity index (χ0) is 13.6. The molecule has 0 saturated carbocycles. The minimum Gasteiger partial charge on any atom is -0.383 e. The van der Waals surface area contributed by atoms with Gasteiger partial charge in [0.2, 0.25) is 10.0 Å². The molecule has 5 nitrogen and oxygen atoms in total. The number of nitrogens with one attached hydrogen (secondary N) is 2. The Kier molecular flexibility index (Phi) is 6.24. The molecule has 7 heteroatoms. The zero-order valence-electron chi connectivity index (χ0n) is 10.9. The van der Waals surface area contributed by atoms with E-state index >= 15 is 0 Å². The molecule has 0 fully saturated rings. The number of rotatable bonds is 8. The molecule has 1 unspecified atom stereocenters. The van der Waals surface area contributed by atoms with Crippen molar-refractivity contribution in [2.75, 3.05) is 27.3 Å². The molecule has 0 aromatic carbocycles. The van der Waals surface area contributed by atoms with Crippen molar-refractivity contribution in [2.24, 2.45) is 0 Å². The summed E-state index contributed by atoms with van der Waals surface area (Å²) in [5.41, 5.74) is 0. The standard InChI is InChI=1S/C11H20N2O3S2/c1-9(8-16-3)13-18(14,15)11-5-4-10(17-11)6-7-12-2/h4-5,9,12-13H,6-8H2,1-3H3. The van der Waals surface area contributed by atoms with Crippen molar-refractivity contribution < 1.29 is 13.2 Å². The van der Waals surface area contributed by atoms with Crippen LogP contribution in [0.25, 0.3) is 0 Å². The molecule has 0 saturated heterocycles. The van der Waals surface area contributed by atoms with Crippen molar-refractivity contribution in [3.05, 3.63) is 17.0 Å². The second kappa shape index (κ2) is 7.20. The highest BCUT2D eigenvalue weighted by Gasteiger charge is 2.19. The lowest BCUT2D eigenvalue weighted by Gasteiger charge is -2.11. The molecule has 1 aromatic heterocycles. The van der Waals surface area contributed by atoms with Gasteiger partial charge in [-0.2, -0.15) is 0 Å². The summed E-state index contributed by atoms with van der Waals surface area (Å²) in [6.07, 6.45) is 0.838. The van der Waals surface area contributed by atoms with Gasteiger partial charge in [-0.05, 0) is 39.1 Å². The first kappa shape index (κ1) is 15.6. The summed E-state index contributed by atoms with van der Waals surface area (Å²) in [5.74, 6) is 0. The molecular weight excluding hydrogens is 272 g/mol. The van der Waals surface area contributed by atoms with Crippen LogP contribution in [0.3, 0.4) is 0 Å². The summed E-state index contributed by atoms with van der Waals surface area (Å²) in [4.78, 5) is 1.06. The summed E-state index contributed by atoms with van der Waals surface area (Å²) >= 11 is 1.31. The van der Waals surface area contributed by atoms with Gasteiger partial charge in [-0.3, -0.25) is 0 Å². The third kappa shape index (κ3) is 4.66. The van der Waals surface area contributed by atoms with E-state index in [1.165, 1.54) is 11.3 Å². The molecule has 2 N–H and O–H groups in total. The molecule has 104 valence electrons. The van der Waals surface area contributed by atoms with Gasteiger partial charge < -0.3 is 10.1 Å². The van der Waals surface area contributed by atoms with Crippen molar-refractivity contribution in [1.29, 1.82) is 0 Å². The molecular formula is C11H20N2O3S2. The minimum absolute atomic E-state index is 0.233. The van der Waals surface area contributed by atoms with Crippen LogP contribution in [0.4, 0.5) is 0 Å². The maximum absolute atomic E-state index is 12.0. The van der Waals surface area contributed by atoms with E-state index in [4.69, 9.17) is 4.74 Å². The van der Waals surface area contributed by atoms with Crippen molar-refractivity contribution in [3.8, 4) is 0 Å². The summed E-state index contributed by atoms with van der Waals surface area (Å²) in [7, 11) is 0.00386. The molecule has 1 heterocycles. The van der Waals surface area contributed by atoms with Gasteiger partial charge in [-0.1, -0.05) is 0 Å². The molecule has 1 rings (SSSR count). The van der Waals surface area contributed by atoms with Crippen LogP contribution >= 0.6 is 11.3 Å². The van der Waals surface area contributed by atoms with E-state index in [-0.39, 0.29) is 6.04 Å². The first-order chi connectivity index (χ1) is 8.49. The van der Waals surface area contributed by atoms with E-state index in [0.29, 0.717) is 10.8 Å². The second-order valence-electron chi connectivity index (χ2n) is 4.05. The molecule has 0 radical (unpaired) electrons. The Morgan fingerprint density at radius 1 is 1.44 bits per heavy atom. The molecule has 0 aliphatic heterocycles. The molecule has 18 heavy (non-hydrogen) atoms. The fourth-order valence-electron chi connectivity index (χ4n) is 1.49. The van der Waals surface area contributed by atoms with E-state index in [1.807, 2.05) is 13.1 Å². The van der Waals surface area contributed by atoms with Crippen LogP contribution in [0, 0.1) is 0 Å². The second-order valence-corrected chi connectivity index (χ2v) is 7.16. The van der Waals surface area contributed by atoms with E-state index in [9.17, 15) is 8.42 Å². The lowest BCUT2D eigenvalue weighted by molar-refractivity contribution is 0.180. The Hall–Kier alpha value is -0.470. The summed E-state index contributed by atoms with van der Waals surface area (Å²) in [6, 6.07) is 3.28. The zero-order valence-corrected chi connectivity index (χ0v) is 12.5. The van der Waals surface area contributed by atoms with Crippen molar-refractivity contribution in [1.82, 2.24) is 10.0 Å². The van der Waals surface area contributed by atoms with Gasteiger partial charge in [-0.15, -0.1) is 11.3 Å². The minimum atomic E-state index is -3.42. The van der Waals surface area contributed by atoms with Gasteiger partial charge in [0, 0.05) is 18.0 Å². The number of hydrogen-bond donors (Lipinski definition) is 2. The van der Waals surface area contributed by atoms with Crippen LogP contribution in [0.1, 0.15) is 11.8 Å². The van der Waals surface area contributed by atoms with Crippen molar-refractivity contribution >= 4 is 21.4 Å². The van der Waals surface area contributed by atoms with Crippen LogP contribution in [0.5, 0.6) is 0 Å². The number of ether oxygens (including phenoxy) is 1. The fourth-order valence-corrected chi connectivity index (χ4v) is 4.09. The highest BCUT2D eigenvalue weighted by molar-refractivity contribution is 7.91. The normalized spacial score (nSPS) is 13.7. The molecule has 1 aromatic rings. The Morgan fingerprint density at radius 2 is 2.17 bits per heavy atom. The molecule has 0 aliphatic carbocycles. The average molecular weight is 292 g/mol. The molecule has 0 bridgehead atoms. The number of thiophene rings is 1. The predicted molar refractivity (Wildman–Crippen MR) is 73.6 cm³/mol. The van der Waals surface area contributed by atoms with E-state index < -0.39 is 10.0 Å². The maximum Gasteiger partial charge on any atom is 0.250 e. The van der Waals surface area contributed by atoms with Crippen LogP contribution in [-0.2, 0) is 21.2 Å². The summed E-state index contributed by atoms with van der Waals surface area (Å²) < 4.78 is 31.9. The Balaban J connectivity index is 2.69. The highest BCUT2D eigenvalue weighted by atomic mass is 32.2. The fraction of sp³-hybridized carbons (Fsp3) is 0.636. The lowest BCUT2D eigenvalue weighted by atomic mass is 10.3. The topological polar surface area (TPSA) is 67.4 Å². The number of hydrogen-bond acceptors (Lipinski definition) is 5. The molecule has 0 aliphatic rings. The quantitative estimate of drug-likeness (QED) is 0.744. The van der Waals surface area contributed by atoms with Gasteiger partial charge in [0.1, 0.15) is 4.21 Å². The Bertz CT molecular complexity index is 457. The third-order valence-corrected chi connectivity index (χ3v) is 5.52. The van der Waals surface area contributed by atoms with Gasteiger partial charge >= 0.3 is 0 Å². The molecule has 0 spiro atoms. The summed E-state index contributed by atoms with van der Waals surface area (Å²) in [6.45, 7) is 2.97. The smallest absolute Gasteiger partial charge is 0.250 e. The highest BCUT2D eigenvalue weighted by Crippen LogP contribution is 2.21. The van der Waals surface area contributed by atoms with Crippen LogP contribution in [-0.4, -0.2) is 41.8 Å². The van der Waals surface area contributed by atoms with Crippen molar-refractivity contribution in [2.45, 2.75) is 23.6 Å². The number of sulfonamides is 1.